The average molecular weight is 325 g/mol. The molecular weight excluding hydrogens is 308 g/mol. The van der Waals surface area contributed by atoms with Gasteiger partial charge < -0.3 is 25.8 Å². The van der Waals surface area contributed by atoms with Crippen molar-refractivity contribution in [2.75, 3.05) is 30.8 Å². The molecule has 0 aromatic heterocycles. The molecule has 1 fully saturated rings. The van der Waals surface area contributed by atoms with E-state index in [4.69, 9.17) is 32.4 Å². The molecule has 1 aromatic rings. The minimum Gasteiger partial charge on any atom is -0.465 e. The summed E-state index contributed by atoms with van der Waals surface area (Å²) < 4.78 is 5.38. The summed E-state index contributed by atoms with van der Waals surface area (Å²) in [6.07, 6.45) is -0.820. The number of nitriles is 1. The number of anilines is 2. The summed E-state index contributed by atoms with van der Waals surface area (Å²) in [5.74, 6) is 0. The van der Waals surface area contributed by atoms with Crippen LogP contribution in [0.2, 0.25) is 5.02 Å². The molecule has 0 radical (unpaired) electrons. The van der Waals surface area contributed by atoms with Crippen LogP contribution in [0.15, 0.2) is 12.1 Å². The van der Waals surface area contributed by atoms with Crippen molar-refractivity contribution in [1.82, 2.24) is 5.32 Å². The number of methoxy groups -OCH3 is 1. The molecule has 22 heavy (non-hydrogen) atoms. The van der Waals surface area contributed by atoms with Crippen LogP contribution >= 0.6 is 11.6 Å². The minimum absolute atomic E-state index is 0.283. The third kappa shape index (κ3) is 3.35. The van der Waals surface area contributed by atoms with Gasteiger partial charge in [0.15, 0.2) is 0 Å². The maximum absolute atomic E-state index is 10.8. The number of carbonyl (C=O) groups is 1. The first-order valence-electron chi connectivity index (χ1n) is 6.72. The summed E-state index contributed by atoms with van der Waals surface area (Å²) in [6, 6.07) is 4.97. The maximum Gasteiger partial charge on any atom is 0.404 e. The second kappa shape index (κ2) is 6.73. The Morgan fingerprint density at radius 3 is 2.95 bits per heavy atom. The molecular formula is C14H17ClN4O3. The Morgan fingerprint density at radius 2 is 2.36 bits per heavy atom. The molecule has 1 aliphatic heterocycles. The molecule has 2 atom stereocenters. The normalized spacial score (nSPS) is 21.2. The number of nitrogens with one attached hydrogen (secondary N) is 1. The van der Waals surface area contributed by atoms with Crippen LogP contribution in [0.3, 0.4) is 0 Å². The number of piperidine rings is 1. The van der Waals surface area contributed by atoms with E-state index in [1.54, 1.807) is 6.07 Å². The van der Waals surface area contributed by atoms with Gasteiger partial charge in [0, 0.05) is 20.2 Å². The lowest BCUT2D eigenvalue weighted by atomic mass is 10.0. The second-order valence-electron chi connectivity index (χ2n) is 5.08. The number of halogens is 1. The maximum atomic E-state index is 10.8. The fraction of sp³-hybridized carbons (Fsp3) is 0.429. The molecule has 8 heteroatoms. The van der Waals surface area contributed by atoms with Gasteiger partial charge in [-0.15, -0.1) is 0 Å². The van der Waals surface area contributed by atoms with Crippen LogP contribution in [0.25, 0.3) is 0 Å². The third-order valence-electron chi connectivity index (χ3n) is 3.72. The van der Waals surface area contributed by atoms with Crippen LogP contribution in [0.5, 0.6) is 0 Å². The van der Waals surface area contributed by atoms with Crippen molar-refractivity contribution in [3.05, 3.63) is 22.7 Å². The topological polar surface area (TPSA) is 112 Å². The van der Waals surface area contributed by atoms with Gasteiger partial charge in [0.2, 0.25) is 0 Å². The molecule has 4 N–H and O–H groups in total. The first kappa shape index (κ1) is 16.2. The molecule has 1 aromatic carbocycles. The lowest BCUT2D eigenvalue weighted by Crippen LogP contribution is -2.54. The molecule has 2 rings (SSSR count). The number of amides is 1. The first-order valence-corrected chi connectivity index (χ1v) is 7.10. The van der Waals surface area contributed by atoms with Crippen molar-refractivity contribution in [3.63, 3.8) is 0 Å². The first-order chi connectivity index (χ1) is 10.5. The number of hydrogen-bond acceptors (Lipinski definition) is 5. The van der Waals surface area contributed by atoms with Gasteiger partial charge >= 0.3 is 6.09 Å². The van der Waals surface area contributed by atoms with E-state index in [2.05, 4.69) is 5.32 Å². The van der Waals surface area contributed by atoms with E-state index in [9.17, 15) is 4.79 Å². The number of rotatable bonds is 3. The van der Waals surface area contributed by atoms with Gasteiger partial charge in [0.1, 0.15) is 0 Å². The summed E-state index contributed by atoms with van der Waals surface area (Å²) in [5.41, 5.74) is 7.26. The number of nitrogens with zero attached hydrogens (tertiary/aromatic N) is 2. The highest BCUT2D eigenvalue weighted by Gasteiger charge is 2.31. The predicted octanol–water partition coefficient (Wildman–Crippen LogP) is 1.66. The zero-order valence-electron chi connectivity index (χ0n) is 12.0. The fourth-order valence-corrected chi connectivity index (χ4v) is 2.85. The fourth-order valence-electron chi connectivity index (χ4n) is 2.62. The summed E-state index contributed by atoms with van der Waals surface area (Å²) in [7, 11) is 1.53. The number of hydrogen-bond donors (Lipinski definition) is 3. The Kier molecular flexibility index (Phi) is 4.96. The third-order valence-corrected chi connectivity index (χ3v) is 4.13. The Bertz CT molecular complexity index is 617. The van der Waals surface area contributed by atoms with Gasteiger partial charge in [-0.2, -0.15) is 5.26 Å². The van der Waals surface area contributed by atoms with Gasteiger partial charge in [0.05, 0.1) is 40.2 Å². The molecule has 0 aliphatic carbocycles. The summed E-state index contributed by atoms with van der Waals surface area (Å²) >= 11 is 6.24. The van der Waals surface area contributed by atoms with Crippen molar-refractivity contribution in [1.29, 1.82) is 5.26 Å². The van der Waals surface area contributed by atoms with Crippen LogP contribution in [-0.4, -0.2) is 43.5 Å². The SMILES string of the molecule is CO[C@H]1CN(c2cc(C#N)cc(N)c2Cl)CC[C@H]1NC(=O)O. The molecule has 1 amide bonds. The highest BCUT2D eigenvalue weighted by atomic mass is 35.5. The molecule has 1 saturated heterocycles. The van der Waals surface area contributed by atoms with Gasteiger partial charge in [-0.3, -0.25) is 0 Å². The lowest BCUT2D eigenvalue weighted by Gasteiger charge is -2.39. The van der Waals surface area contributed by atoms with Crippen LogP contribution in [0.4, 0.5) is 16.2 Å². The quantitative estimate of drug-likeness (QED) is 0.729. The summed E-state index contributed by atoms with van der Waals surface area (Å²) in [5, 5.41) is 20.8. The zero-order chi connectivity index (χ0) is 16.3. The second-order valence-corrected chi connectivity index (χ2v) is 5.45. The molecule has 0 saturated carbocycles. The molecule has 0 spiro atoms. The van der Waals surface area contributed by atoms with Gasteiger partial charge in [-0.1, -0.05) is 11.6 Å². The highest BCUT2D eigenvalue weighted by Crippen LogP contribution is 2.34. The van der Waals surface area contributed by atoms with Gasteiger partial charge in [0.25, 0.3) is 0 Å². The van der Waals surface area contributed by atoms with Crippen LogP contribution in [0, 0.1) is 11.3 Å². The van der Waals surface area contributed by atoms with Crippen LogP contribution < -0.4 is 16.0 Å². The predicted molar refractivity (Wildman–Crippen MR) is 83.2 cm³/mol. The average Bonchev–Trinajstić information content (AvgIpc) is 2.49. The Hall–Kier alpha value is -2.17. The van der Waals surface area contributed by atoms with Crippen LogP contribution in [-0.2, 0) is 4.74 Å². The smallest absolute Gasteiger partial charge is 0.404 e. The standard InChI is InChI=1S/C14H17ClN4O3/c1-22-12-7-19(3-2-10(12)18-14(20)21)11-5-8(6-16)4-9(17)13(11)15/h4-5,10,12,18H,2-3,7,17H2,1H3,(H,20,21)/t10-,12+/m1/s1. The Morgan fingerprint density at radius 1 is 1.64 bits per heavy atom. The number of nitrogens with two attached hydrogens (primary N) is 1. The number of carboxylic acid groups (broad SMARTS) is 1. The molecule has 0 bridgehead atoms. The van der Waals surface area contributed by atoms with E-state index in [0.717, 1.165) is 0 Å². The van der Waals surface area contributed by atoms with Crippen molar-refractivity contribution in [2.45, 2.75) is 18.6 Å². The lowest BCUT2D eigenvalue weighted by molar-refractivity contribution is 0.0596. The Balaban J connectivity index is 2.23. The van der Waals surface area contributed by atoms with Gasteiger partial charge in [-0.25, -0.2) is 4.79 Å². The molecule has 0 unspecified atom stereocenters. The monoisotopic (exact) mass is 324 g/mol. The number of ether oxygens (including phenoxy) is 1. The number of benzene rings is 1. The Labute approximate surface area is 133 Å². The van der Waals surface area contributed by atoms with Crippen molar-refractivity contribution in [3.8, 4) is 6.07 Å². The van der Waals surface area contributed by atoms with E-state index in [1.165, 1.54) is 13.2 Å². The zero-order valence-corrected chi connectivity index (χ0v) is 12.8. The van der Waals surface area contributed by atoms with E-state index < -0.39 is 6.09 Å². The van der Waals surface area contributed by atoms with Crippen molar-refractivity contribution >= 4 is 29.1 Å². The van der Waals surface area contributed by atoms with E-state index in [-0.39, 0.29) is 12.1 Å². The van der Waals surface area contributed by atoms with Crippen molar-refractivity contribution < 1.29 is 14.6 Å². The molecule has 7 nitrogen and oxygen atoms in total. The number of nitrogen functional groups attached to an aromatic ring is 1. The van der Waals surface area contributed by atoms with Gasteiger partial charge in [-0.05, 0) is 18.6 Å². The van der Waals surface area contributed by atoms with E-state index in [0.29, 0.717) is 41.5 Å². The molecule has 1 heterocycles. The summed E-state index contributed by atoms with van der Waals surface area (Å²) in [4.78, 5) is 12.8. The minimum atomic E-state index is -1.07. The highest BCUT2D eigenvalue weighted by molar-refractivity contribution is 6.35. The molecule has 118 valence electrons. The largest absolute Gasteiger partial charge is 0.465 e. The van der Waals surface area contributed by atoms with E-state index in [1.807, 2.05) is 11.0 Å². The van der Waals surface area contributed by atoms with Crippen molar-refractivity contribution in [2.24, 2.45) is 0 Å². The molecule has 1 aliphatic rings. The van der Waals surface area contributed by atoms with E-state index >= 15 is 0 Å². The summed E-state index contributed by atoms with van der Waals surface area (Å²) in [6.45, 7) is 1.04. The van der Waals surface area contributed by atoms with Crippen LogP contribution in [0.1, 0.15) is 12.0 Å².